The highest BCUT2D eigenvalue weighted by atomic mass is 16.5. The molecule has 1 heterocycles. The van der Waals surface area contributed by atoms with Crippen LogP contribution in [0.25, 0.3) is 5.69 Å². The maximum atomic E-state index is 11.9. The number of aryl methyl sites for hydroxylation is 1. The van der Waals surface area contributed by atoms with Crippen molar-refractivity contribution in [3.05, 3.63) is 58.0 Å². The van der Waals surface area contributed by atoms with Crippen LogP contribution in [0, 0.1) is 6.92 Å². The standard InChI is InChI=1S/C15H18N2O2/c1-11-8-14(18)12(9-16-2)10-17(11)13-6-4-5-7-15(13)19-3/h4-8,10,16H,9H2,1-3H3. The summed E-state index contributed by atoms with van der Waals surface area (Å²) in [5.74, 6) is 0.782. The molecule has 1 aromatic carbocycles. The molecule has 0 spiro atoms. The summed E-state index contributed by atoms with van der Waals surface area (Å²) in [7, 11) is 3.47. The Bertz CT molecular complexity index is 632. The van der Waals surface area contributed by atoms with E-state index in [2.05, 4.69) is 5.32 Å². The lowest BCUT2D eigenvalue weighted by atomic mass is 10.2. The van der Waals surface area contributed by atoms with Gasteiger partial charge in [-0.15, -0.1) is 0 Å². The van der Waals surface area contributed by atoms with Crippen LogP contribution >= 0.6 is 0 Å². The minimum Gasteiger partial charge on any atom is -0.495 e. The van der Waals surface area contributed by atoms with E-state index in [1.165, 1.54) is 0 Å². The number of benzene rings is 1. The van der Waals surface area contributed by atoms with Crippen molar-refractivity contribution in [1.82, 2.24) is 9.88 Å². The van der Waals surface area contributed by atoms with Crippen LogP contribution in [-0.4, -0.2) is 18.7 Å². The van der Waals surface area contributed by atoms with Gasteiger partial charge in [-0.05, 0) is 26.1 Å². The van der Waals surface area contributed by atoms with E-state index in [4.69, 9.17) is 4.74 Å². The highest BCUT2D eigenvalue weighted by Crippen LogP contribution is 2.23. The molecule has 2 aromatic rings. The molecule has 0 amide bonds. The minimum absolute atomic E-state index is 0.0537. The van der Waals surface area contributed by atoms with Gasteiger partial charge in [-0.3, -0.25) is 4.79 Å². The van der Waals surface area contributed by atoms with Gasteiger partial charge in [0.05, 0.1) is 12.8 Å². The number of rotatable bonds is 4. The summed E-state index contributed by atoms with van der Waals surface area (Å²) >= 11 is 0. The molecule has 0 aliphatic rings. The summed E-state index contributed by atoms with van der Waals surface area (Å²) in [5.41, 5.74) is 2.60. The Kier molecular flexibility index (Phi) is 4.02. The summed E-state index contributed by atoms with van der Waals surface area (Å²) in [4.78, 5) is 11.9. The Morgan fingerprint density at radius 1 is 1.32 bits per heavy atom. The van der Waals surface area contributed by atoms with Crippen molar-refractivity contribution in [2.75, 3.05) is 14.2 Å². The van der Waals surface area contributed by atoms with Crippen molar-refractivity contribution in [1.29, 1.82) is 0 Å². The van der Waals surface area contributed by atoms with E-state index in [0.29, 0.717) is 6.54 Å². The monoisotopic (exact) mass is 258 g/mol. The van der Waals surface area contributed by atoms with Crippen LogP contribution in [0.3, 0.4) is 0 Å². The first-order valence-corrected chi connectivity index (χ1v) is 6.17. The highest BCUT2D eigenvalue weighted by molar-refractivity contribution is 5.48. The van der Waals surface area contributed by atoms with E-state index in [0.717, 1.165) is 22.7 Å². The summed E-state index contributed by atoms with van der Waals surface area (Å²) in [5, 5.41) is 3.01. The van der Waals surface area contributed by atoms with E-state index < -0.39 is 0 Å². The molecule has 0 unspecified atom stereocenters. The lowest BCUT2D eigenvalue weighted by Gasteiger charge is -2.15. The molecule has 0 aliphatic carbocycles. The quantitative estimate of drug-likeness (QED) is 0.910. The van der Waals surface area contributed by atoms with Gasteiger partial charge in [0.25, 0.3) is 0 Å². The van der Waals surface area contributed by atoms with Gasteiger partial charge in [0.15, 0.2) is 5.43 Å². The van der Waals surface area contributed by atoms with E-state index in [-0.39, 0.29) is 5.43 Å². The first-order valence-electron chi connectivity index (χ1n) is 6.17. The van der Waals surface area contributed by atoms with Crippen LogP contribution in [0.2, 0.25) is 0 Å². The number of ether oxygens (including phenoxy) is 1. The Balaban J connectivity index is 2.61. The normalized spacial score (nSPS) is 10.5. The fraction of sp³-hybridized carbons (Fsp3) is 0.267. The molecule has 4 nitrogen and oxygen atoms in total. The van der Waals surface area contributed by atoms with E-state index in [9.17, 15) is 4.79 Å². The van der Waals surface area contributed by atoms with Gasteiger partial charge in [-0.25, -0.2) is 0 Å². The van der Waals surface area contributed by atoms with Gasteiger partial charge in [0.1, 0.15) is 5.75 Å². The van der Waals surface area contributed by atoms with Crippen molar-refractivity contribution in [3.8, 4) is 11.4 Å². The Morgan fingerprint density at radius 3 is 2.74 bits per heavy atom. The molecule has 19 heavy (non-hydrogen) atoms. The number of pyridine rings is 1. The lowest BCUT2D eigenvalue weighted by Crippen LogP contribution is -2.19. The van der Waals surface area contributed by atoms with Crippen LogP contribution < -0.4 is 15.5 Å². The number of methoxy groups -OCH3 is 1. The van der Waals surface area contributed by atoms with Gasteiger partial charge in [-0.1, -0.05) is 12.1 Å². The maximum absolute atomic E-state index is 11.9. The molecule has 4 heteroatoms. The molecule has 0 radical (unpaired) electrons. The van der Waals surface area contributed by atoms with Gasteiger partial charge >= 0.3 is 0 Å². The third kappa shape index (κ3) is 2.69. The van der Waals surface area contributed by atoms with Gasteiger partial charge < -0.3 is 14.6 Å². The zero-order valence-electron chi connectivity index (χ0n) is 11.4. The minimum atomic E-state index is 0.0537. The number of nitrogens with one attached hydrogen (secondary N) is 1. The summed E-state index contributed by atoms with van der Waals surface area (Å²) in [6.07, 6.45) is 1.87. The molecule has 1 N–H and O–H groups in total. The number of hydrogen-bond acceptors (Lipinski definition) is 3. The van der Waals surface area contributed by atoms with E-state index >= 15 is 0 Å². The Labute approximate surface area is 112 Å². The first kappa shape index (κ1) is 13.4. The summed E-state index contributed by atoms with van der Waals surface area (Å²) < 4.78 is 7.35. The molecule has 0 atom stereocenters. The molecule has 0 saturated heterocycles. The van der Waals surface area contributed by atoms with Crippen LogP contribution in [0.15, 0.2) is 41.3 Å². The summed E-state index contributed by atoms with van der Waals surface area (Å²) in [6.45, 7) is 2.46. The first-order chi connectivity index (χ1) is 9.17. The largest absolute Gasteiger partial charge is 0.495 e. The summed E-state index contributed by atoms with van der Waals surface area (Å²) in [6, 6.07) is 9.41. The molecule has 2 rings (SSSR count). The SMILES string of the molecule is CNCc1cn(-c2ccccc2OC)c(C)cc1=O. The van der Waals surface area contributed by atoms with Crippen molar-refractivity contribution < 1.29 is 4.74 Å². The average Bonchev–Trinajstić information content (AvgIpc) is 2.42. The maximum Gasteiger partial charge on any atom is 0.186 e. The number of aromatic nitrogens is 1. The van der Waals surface area contributed by atoms with Gasteiger partial charge in [0, 0.05) is 30.1 Å². The van der Waals surface area contributed by atoms with Crippen LogP contribution in [-0.2, 0) is 6.54 Å². The molecule has 100 valence electrons. The molecular formula is C15H18N2O2. The van der Waals surface area contributed by atoms with E-state index in [1.54, 1.807) is 13.2 Å². The number of hydrogen-bond donors (Lipinski definition) is 1. The number of para-hydroxylation sites is 2. The van der Waals surface area contributed by atoms with Crippen LogP contribution in [0.5, 0.6) is 5.75 Å². The third-order valence-electron chi connectivity index (χ3n) is 3.03. The van der Waals surface area contributed by atoms with Crippen molar-refractivity contribution in [2.24, 2.45) is 0 Å². The smallest absolute Gasteiger partial charge is 0.186 e. The van der Waals surface area contributed by atoms with Crippen LogP contribution in [0.1, 0.15) is 11.3 Å². The molecule has 0 aliphatic heterocycles. The molecule has 0 saturated carbocycles. The second kappa shape index (κ2) is 5.71. The van der Waals surface area contributed by atoms with Crippen molar-refractivity contribution in [3.63, 3.8) is 0 Å². The predicted molar refractivity (Wildman–Crippen MR) is 76.1 cm³/mol. The second-order valence-corrected chi connectivity index (χ2v) is 4.38. The zero-order valence-corrected chi connectivity index (χ0v) is 11.4. The van der Waals surface area contributed by atoms with Crippen molar-refractivity contribution >= 4 is 0 Å². The second-order valence-electron chi connectivity index (χ2n) is 4.38. The fourth-order valence-corrected chi connectivity index (χ4v) is 2.08. The Morgan fingerprint density at radius 2 is 2.05 bits per heavy atom. The topological polar surface area (TPSA) is 43.3 Å². The third-order valence-corrected chi connectivity index (χ3v) is 3.03. The molecule has 0 bridgehead atoms. The predicted octanol–water partition coefficient (Wildman–Crippen LogP) is 1.87. The van der Waals surface area contributed by atoms with E-state index in [1.807, 2.05) is 49.0 Å². The molecular weight excluding hydrogens is 240 g/mol. The van der Waals surface area contributed by atoms with Gasteiger partial charge in [0.2, 0.25) is 0 Å². The molecule has 1 aromatic heterocycles. The Hall–Kier alpha value is -2.07. The highest BCUT2D eigenvalue weighted by Gasteiger charge is 2.08. The zero-order chi connectivity index (χ0) is 13.8. The number of nitrogens with zero attached hydrogens (tertiary/aromatic N) is 1. The van der Waals surface area contributed by atoms with Crippen molar-refractivity contribution in [2.45, 2.75) is 13.5 Å². The average molecular weight is 258 g/mol. The lowest BCUT2D eigenvalue weighted by molar-refractivity contribution is 0.412. The molecule has 0 fully saturated rings. The fourth-order valence-electron chi connectivity index (χ4n) is 2.08. The van der Waals surface area contributed by atoms with Gasteiger partial charge in [-0.2, -0.15) is 0 Å². The van der Waals surface area contributed by atoms with Crippen LogP contribution in [0.4, 0.5) is 0 Å².